The van der Waals surface area contributed by atoms with Crippen LogP contribution < -0.4 is 20.7 Å². The van der Waals surface area contributed by atoms with Crippen LogP contribution in [0.25, 0.3) is 11.6 Å². The maximum Gasteiger partial charge on any atom is 0.488 e. The highest BCUT2D eigenvalue weighted by Crippen LogP contribution is 2.48. The van der Waals surface area contributed by atoms with Crippen LogP contribution in [0.4, 0.5) is 5.69 Å². The summed E-state index contributed by atoms with van der Waals surface area (Å²) in [5.74, 6) is -3.51. The van der Waals surface area contributed by atoms with Gasteiger partial charge in [-0.05, 0) is 92.2 Å². The highest BCUT2D eigenvalue weighted by atomic mass is 28.4. The number of rotatable bonds is 14. The maximum atomic E-state index is 14.5. The third-order valence-corrected chi connectivity index (χ3v) is 17.1. The second-order valence-corrected chi connectivity index (χ2v) is 21.1. The van der Waals surface area contributed by atoms with Gasteiger partial charge in [-0.1, -0.05) is 142 Å². The number of nitrogens with zero attached hydrogens (tertiary/aromatic N) is 1. The van der Waals surface area contributed by atoms with Crippen molar-refractivity contribution in [2.75, 3.05) is 18.1 Å². The molecule has 0 radical (unpaired) electrons. The van der Waals surface area contributed by atoms with Gasteiger partial charge in [-0.2, -0.15) is 0 Å². The van der Waals surface area contributed by atoms with Crippen LogP contribution in [0, 0.1) is 17.8 Å². The Morgan fingerprint density at radius 3 is 2.00 bits per heavy atom. The van der Waals surface area contributed by atoms with Gasteiger partial charge in [0.05, 0.1) is 36.8 Å². The minimum atomic E-state index is -3.12. The molecule has 1 fully saturated rings. The molecule has 5 aromatic rings. The average molecular weight is 822 g/mol. The molecule has 5 N–H and O–H groups in total. The Hall–Kier alpha value is -5.40. The number of imide groups is 1. The Labute approximate surface area is 353 Å². The van der Waals surface area contributed by atoms with Crippen molar-refractivity contribution >= 4 is 60.4 Å². The molecule has 1 aliphatic carbocycles. The number of phenolic OH excluding ortho intramolecular Hbond substituents is 1. The summed E-state index contributed by atoms with van der Waals surface area (Å²) in [4.78, 5) is 30.0. The van der Waals surface area contributed by atoms with Gasteiger partial charge in [-0.25, -0.2) is 0 Å². The molecule has 7 rings (SSSR count). The second-order valence-electron chi connectivity index (χ2n) is 16.8. The standard InChI is InChI=1S/C49H52BNO8Si/c1-49(2,3)60(40-18-9-5-10-19-40,41-20-11-6-12-21-41)59-32-36-29-42-46(48(56)51(47(42)55)38-17-13-16-37(30-38)50(57)58)43(31-52)45(36)44(54)27-24-35(34-14-7-4-8-15-34)28-33-22-25-39(53)26-23-33/h4-23,25-26,28,30,42-44,46,52-54,57-58H,24,27,29,31-32H2,1-3H3/b35-28-/t42-,43+,44-,46-/m1/s1. The van der Waals surface area contributed by atoms with Crippen molar-refractivity contribution < 1.29 is 39.4 Å². The number of fused-ring (bicyclic) bond motifs is 1. The van der Waals surface area contributed by atoms with Crippen LogP contribution in [0.1, 0.15) is 51.2 Å². The lowest BCUT2D eigenvalue weighted by Crippen LogP contribution is -2.66. The number of aliphatic hydroxyl groups excluding tert-OH is 2. The third-order valence-electron chi connectivity index (χ3n) is 12.1. The lowest BCUT2D eigenvalue weighted by atomic mass is 9.68. The van der Waals surface area contributed by atoms with Crippen molar-refractivity contribution in [3.05, 3.63) is 162 Å². The molecule has 9 nitrogen and oxygen atoms in total. The first-order valence-corrected chi connectivity index (χ1v) is 22.4. The van der Waals surface area contributed by atoms with Crippen molar-refractivity contribution in [1.82, 2.24) is 0 Å². The van der Waals surface area contributed by atoms with Crippen LogP contribution in [-0.2, 0) is 14.0 Å². The molecule has 5 aromatic carbocycles. The summed E-state index contributed by atoms with van der Waals surface area (Å²) < 4.78 is 7.42. The average Bonchev–Trinajstić information content (AvgIpc) is 3.51. The second kappa shape index (κ2) is 18.1. The van der Waals surface area contributed by atoms with Crippen LogP contribution >= 0.6 is 0 Å². The summed E-state index contributed by atoms with van der Waals surface area (Å²) in [7, 11) is -4.92. The summed E-state index contributed by atoms with van der Waals surface area (Å²) in [5, 5.41) is 55.3. The number of aromatic hydroxyl groups is 1. The fourth-order valence-electron chi connectivity index (χ4n) is 9.30. The first kappa shape index (κ1) is 42.7. The lowest BCUT2D eigenvalue weighted by molar-refractivity contribution is -0.123. The highest BCUT2D eigenvalue weighted by Gasteiger charge is 2.56. The fourth-order valence-corrected chi connectivity index (χ4v) is 13.8. The Balaban J connectivity index is 1.32. The molecule has 1 aliphatic heterocycles. The Kier molecular flexibility index (Phi) is 12.9. The van der Waals surface area contributed by atoms with Crippen LogP contribution in [0.5, 0.6) is 5.75 Å². The number of amides is 2. The van der Waals surface area contributed by atoms with Gasteiger partial charge in [0.25, 0.3) is 8.32 Å². The first-order valence-electron chi connectivity index (χ1n) is 20.5. The van der Waals surface area contributed by atoms with Crippen molar-refractivity contribution in [1.29, 1.82) is 0 Å². The zero-order valence-corrected chi connectivity index (χ0v) is 35.2. The van der Waals surface area contributed by atoms with Crippen molar-refractivity contribution in [3.63, 3.8) is 0 Å². The summed E-state index contributed by atoms with van der Waals surface area (Å²) in [6.07, 6.45) is 1.71. The Morgan fingerprint density at radius 1 is 0.833 bits per heavy atom. The smallest absolute Gasteiger partial charge is 0.488 e. The number of allylic oxidation sites excluding steroid dienone is 1. The lowest BCUT2D eigenvalue weighted by Gasteiger charge is -2.44. The summed E-state index contributed by atoms with van der Waals surface area (Å²) >= 11 is 0. The van der Waals surface area contributed by atoms with Gasteiger partial charge in [0.2, 0.25) is 11.8 Å². The predicted octanol–water partition coefficient (Wildman–Crippen LogP) is 5.44. The molecular formula is C49H52BNO8Si. The summed E-state index contributed by atoms with van der Waals surface area (Å²) in [6, 6.07) is 43.2. The molecular weight excluding hydrogens is 769 g/mol. The molecule has 1 heterocycles. The first-order chi connectivity index (χ1) is 28.8. The molecule has 1 saturated heterocycles. The van der Waals surface area contributed by atoms with Gasteiger partial charge in [0.1, 0.15) is 5.75 Å². The zero-order chi connectivity index (χ0) is 42.6. The van der Waals surface area contributed by atoms with Crippen molar-refractivity contribution in [2.24, 2.45) is 17.8 Å². The molecule has 0 aromatic heterocycles. The molecule has 11 heteroatoms. The Morgan fingerprint density at radius 2 is 1.43 bits per heavy atom. The van der Waals surface area contributed by atoms with E-state index in [1.54, 1.807) is 24.3 Å². The zero-order valence-electron chi connectivity index (χ0n) is 34.2. The minimum Gasteiger partial charge on any atom is -0.508 e. The largest absolute Gasteiger partial charge is 0.508 e. The molecule has 2 amide bonds. The van der Waals surface area contributed by atoms with Crippen LogP contribution in [0.15, 0.2) is 151 Å². The summed E-state index contributed by atoms with van der Waals surface area (Å²) in [6.45, 7) is 6.10. The minimum absolute atomic E-state index is 0.0575. The van der Waals surface area contributed by atoms with E-state index in [-0.39, 0.29) is 41.4 Å². The van der Waals surface area contributed by atoms with E-state index >= 15 is 0 Å². The van der Waals surface area contributed by atoms with E-state index in [0.717, 1.165) is 32.0 Å². The monoisotopic (exact) mass is 821 g/mol. The van der Waals surface area contributed by atoms with Crippen LogP contribution in [0.2, 0.25) is 5.04 Å². The van der Waals surface area contributed by atoms with Crippen LogP contribution in [-0.4, -0.2) is 71.9 Å². The normalized spacial score (nSPS) is 19.1. The SMILES string of the molecule is CC(C)(C)[Si](OCC1=C([C@H](O)CC/C(=C/c2ccc(O)cc2)c2ccccc2)[C@H](CO)[C@@H]2C(=O)N(c3cccc(B(O)O)c3)C(=O)[C@@H]2C1)(c1ccccc1)c1ccccc1. The molecule has 2 aliphatic rings. The number of anilines is 1. The Bertz CT molecular complexity index is 2310. The summed E-state index contributed by atoms with van der Waals surface area (Å²) in [5.41, 5.74) is 4.32. The van der Waals surface area contributed by atoms with Gasteiger partial charge >= 0.3 is 7.12 Å². The van der Waals surface area contributed by atoms with E-state index in [4.69, 9.17) is 4.43 Å². The van der Waals surface area contributed by atoms with E-state index in [1.165, 1.54) is 12.1 Å². The van der Waals surface area contributed by atoms with Crippen LogP contribution in [0.3, 0.4) is 0 Å². The molecule has 4 atom stereocenters. The number of aliphatic hydroxyl groups is 2. The molecule has 60 heavy (non-hydrogen) atoms. The molecule has 308 valence electrons. The number of carbonyl (C=O) groups is 2. The molecule has 0 unspecified atom stereocenters. The van der Waals surface area contributed by atoms with E-state index < -0.39 is 57.7 Å². The number of hydrogen-bond acceptors (Lipinski definition) is 8. The van der Waals surface area contributed by atoms with Crippen molar-refractivity contribution in [3.8, 4) is 5.75 Å². The molecule has 0 bridgehead atoms. The third kappa shape index (κ3) is 8.47. The van der Waals surface area contributed by atoms with Gasteiger partial charge in [0.15, 0.2) is 0 Å². The van der Waals surface area contributed by atoms with Crippen molar-refractivity contribution in [2.45, 2.75) is 51.2 Å². The maximum absolute atomic E-state index is 14.5. The topological polar surface area (TPSA) is 148 Å². The van der Waals surface area contributed by atoms with E-state index in [0.29, 0.717) is 17.6 Å². The highest BCUT2D eigenvalue weighted by molar-refractivity contribution is 6.99. The predicted molar refractivity (Wildman–Crippen MR) is 239 cm³/mol. The van der Waals surface area contributed by atoms with Gasteiger partial charge in [-0.15, -0.1) is 0 Å². The number of benzene rings is 5. The van der Waals surface area contributed by atoms with E-state index in [2.05, 4.69) is 45.0 Å². The fraction of sp³-hybridized carbons (Fsp3) is 0.265. The number of phenols is 1. The number of hydrogen-bond donors (Lipinski definition) is 5. The van der Waals surface area contributed by atoms with E-state index in [1.807, 2.05) is 84.9 Å². The van der Waals surface area contributed by atoms with Gasteiger partial charge in [0, 0.05) is 5.92 Å². The molecule has 0 saturated carbocycles. The van der Waals surface area contributed by atoms with Gasteiger partial charge < -0.3 is 29.8 Å². The number of carbonyl (C=O) groups excluding carboxylic acids is 2. The molecule has 0 spiro atoms. The quantitative estimate of drug-likeness (QED) is 0.0431. The van der Waals surface area contributed by atoms with E-state index in [9.17, 15) is 35.0 Å². The van der Waals surface area contributed by atoms with Gasteiger partial charge in [-0.3, -0.25) is 14.5 Å².